The summed E-state index contributed by atoms with van der Waals surface area (Å²) in [5.74, 6) is -2.54. The van der Waals surface area contributed by atoms with Gasteiger partial charge in [0.1, 0.15) is 10.7 Å². The van der Waals surface area contributed by atoms with Crippen molar-refractivity contribution in [1.82, 2.24) is 4.72 Å². The van der Waals surface area contributed by atoms with Crippen molar-refractivity contribution in [1.29, 1.82) is 0 Å². The first kappa shape index (κ1) is 23.2. The molecular weight excluding hydrogens is 411 g/mol. The van der Waals surface area contributed by atoms with E-state index >= 15 is 0 Å². The van der Waals surface area contributed by atoms with Gasteiger partial charge in [-0.25, -0.2) is 22.3 Å². The first-order chi connectivity index (χ1) is 14.2. The van der Waals surface area contributed by atoms with E-state index in [-0.39, 0.29) is 12.1 Å². The van der Waals surface area contributed by atoms with Crippen LogP contribution in [0, 0.1) is 5.82 Å². The number of benzene rings is 2. The second kappa shape index (κ2) is 10.1. The average molecular weight is 434 g/mol. The van der Waals surface area contributed by atoms with Crippen LogP contribution in [-0.4, -0.2) is 32.9 Å². The summed E-state index contributed by atoms with van der Waals surface area (Å²) in [5, 5.41) is 2.63. The maximum atomic E-state index is 14.0. The van der Waals surface area contributed by atoms with E-state index < -0.39 is 38.7 Å². The molecule has 0 heterocycles. The van der Waals surface area contributed by atoms with Gasteiger partial charge >= 0.3 is 5.97 Å². The summed E-state index contributed by atoms with van der Waals surface area (Å²) < 4.78 is 45.5. The molecule has 30 heavy (non-hydrogen) atoms. The van der Waals surface area contributed by atoms with Gasteiger partial charge in [0.2, 0.25) is 10.0 Å². The van der Waals surface area contributed by atoms with Crippen LogP contribution in [0.2, 0.25) is 0 Å². The summed E-state index contributed by atoms with van der Waals surface area (Å²) in [7, 11) is -4.18. The second-order valence-electron chi connectivity index (χ2n) is 6.37. The fraction of sp³-hybridized carbons (Fsp3) is 0.238. The number of esters is 1. The van der Waals surface area contributed by atoms with Crippen LogP contribution < -0.4 is 10.0 Å². The first-order valence-electron chi connectivity index (χ1n) is 9.18. The quantitative estimate of drug-likeness (QED) is 0.467. The summed E-state index contributed by atoms with van der Waals surface area (Å²) in [6.45, 7) is 6.66. The molecule has 0 aromatic heterocycles. The lowest BCUT2D eigenvalue weighted by Gasteiger charge is -2.14. The van der Waals surface area contributed by atoms with Gasteiger partial charge in [0.05, 0.1) is 5.56 Å². The third-order valence-electron chi connectivity index (χ3n) is 4.16. The molecule has 0 bridgehead atoms. The number of rotatable bonds is 9. The molecule has 1 unspecified atom stereocenters. The third-order valence-corrected chi connectivity index (χ3v) is 5.60. The first-order valence-corrected chi connectivity index (χ1v) is 10.7. The molecule has 2 aromatic rings. The van der Waals surface area contributed by atoms with Crippen molar-refractivity contribution < 1.29 is 27.1 Å². The Labute approximate surface area is 175 Å². The van der Waals surface area contributed by atoms with E-state index in [1.807, 2.05) is 19.1 Å². The SMILES string of the molecule is C=CCNS(=O)(=O)c1cc(C(=O)OC(C)C(=O)Nc2ccc(CC)cc2)ccc1F. The molecule has 0 spiro atoms. The summed E-state index contributed by atoms with van der Waals surface area (Å²) >= 11 is 0. The fourth-order valence-electron chi connectivity index (χ4n) is 2.43. The van der Waals surface area contributed by atoms with Gasteiger partial charge in [0.25, 0.3) is 5.91 Å². The normalized spacial score (nSPS) is 12.1. The van der Waals surface area contributed by atoms with Gasteiger partial charge in [0.15, 0.2) is 6.10 Å². The highest BCUT2D eigenvalue weighted by Crippen LogP contribution is 2.18. The zero-order chi connectivity index (χ0) is 22.3. The largest absolute Gasteiger partial charge is 0.449 e. The molecule has 7 nitrogen and oxygen atoms in total. The van der Waals surface area contributed by atoms with Crippen LogP contribution in [0.25, 0.3) is 0 Å². The molecule has 0 aliphatic carbocycles. The minimum absolute atomic E-state index is 0.104. The van der Waals surface area contributed by atoms with E-state index in [1.165, 1.54) is 13.0 Å². The van der Waals surface area contributed by atoms with Crippen LogP contribution in [-0.2, 0) is 26.0 Å². The van der Waals surface area contributed by atoms with Crippen molar-refractivity contribution in [3.05, 3.63) is 72.1 Å². The Hall–Kier alpha value is -3.04. The number of carbonyl (C=O) groups excluding carboxylic acids is 2. The second-order valence-corrected chi connectivity index (χ2v) is 8.11. The lowest BCUT2D eigenvalue weighted by Crippen LogP contribution is -2.30. The molecule has 2 aromatic carbocycles. The molecular formula is C21H23FN2O5S. The molecule has 0 saturated carbocycles. The van der Waals surface area contributed by atoms with Crippen molar-refractivity contribution in [2.75, 3.05) is 11.9 Å². The molecule has 2 N–H and O–H groups in total. The Bertz CT molecular complexity index is 1040. The monoisotopic (exact) mass is 434 g/mol. The molecule has 0 radical (unpaired) electrons. The number of anilines is 1. The highest BCUT2D eigenvalue weighted by atomic mass is 32.2. The Morgan fingerprint density at radius 3 is 2.47 bits per heavy atom. The van der Waals surface area contributed by atoms with Crippen LogP contribution in [0.3, 0.4) is 0 Å². The van der Waals surface area contributed by atoms with Gasteiger partial charge < -0.3 is 10.1 Å². The van der Waals surface area contributed by atoms with Crippen molar-refractivity contribution in [2.24, 2.45) is 0 Å². The average Bonchev–Trinajstić information content (AvgIpc) is 2.72. The van der Waals surface area contributed by atoms with Gasteiger partial charge in [-0.1, -0.05) is 25.1 Å². The van der Waals surface area contributed by atoms with Crippen LogP contribution in [0.5, 0.6) is 0 Å². The van der Waals surface area contributed by atoms with Crippen molar-refractivity contribution >= 4 is 27.6 Å². The maximum Gasteiger partial charge on any atom is 0.338 e. The highest BCUT2D eigenvalue weighted by Gasteiger charge is 2.23. The smallest absolute Gasteiger partial charge is 0.338 e. The predicted molar refractivity (Wildman–Crippen MR) is 111 cm³/mol. The summed E-state index contributed by atoms with van der Waals surface area (Å²) in [5.41, 5.74) is 1.45. The van der Waals surface area contributed by atoms with E-state index in [9.17, 15) is 22.4 Å². The molecule has 0 aliphatic rings. The van der Waals surface area contributed by atoms with Crippen LogP contribution in [0.4, 0.5) is 10.1 Å². The van der Waals surface area contributed by atoms with Gasteiger partial charge in [-0.15, -0.1) is 6.58 Å². The van der Waals surface area contributed by atoms with Gasteiger partial charge in [0, 0.05) is 12.2 Å². The van der Waals surface area contributed by atoms with Crippen molar-refractivity contribution in [3.63, 3.8) is 0 Å². The van der Waals surface area contributed by atoms with E-state index in [0.717, 1.165) is 30.2 Å². The lowest BCUT2D eigenvalue weighted by atomic mass is 10.1. The van der Waals surface area contributed by atoms with E-state index in [2.05, 4.69) is 16.6 Å². The number of sulfonamides is 1. The standard InChI is InChI=1S/C21H23FN2O5S/c1-4-12-23-30(27,28)19-13-16(8-11-18(19)22)21(26)29-14(3)20(25)24-17-9-6-15(5-2)7-10-17/h4,6-11,13-14,23H,1,5,12H2,2-3H3,(H,24,25). The zero-order valence-electron chi connectivity index (χ0n) is 16.6. The van der Waals surface area contributed by atoms with Gasteiger partial charge in [-0.2, -0.15) is 0 Å². The molecule has 0 fully saturated rings. The van der Waals surface area contributed by atoms with E-state index in [0.29, 0.717) is 5.69 Å². The topological polar surface area (TPSA) is 102 Å². The van der Waals surface area contributed by atoms with E-state index in [1.54, 1.807) is 12.1 Å². The number of amides is 1. The Kier molecular flexibility index (Phi) is 7.85. The van der Waals surface area contributed by atoms with Crippen molar-refractivity contribution in [3.8, 4) is 0 Å². The van der Waals surface area contributed by atoms with Crippen molar-refractivity contribution in [2.45, 2.75) is 31.3 Å². The number of hydrogen-bond acceptors (Lipinski definition) is 5. The highest BCUT2D eigenvalue weighted by molar-refractivity contribution is 7.89. The van der Waals surface area contributed by atoms with Gasteiger partial charge in [-0.05, 0) is 49.2 Å². The minimum Gasteiger partial charge on any atom is -0.449 e. The number of ether oxygens (including phenoxy) is 1. The molecule has 2 rings (SSSR count). The number of halogens is 1. The number of carbonyl (C=O) groups is 2. The molecule has 0 aliphatic heterocycles. The molecule has 0 saturated heterocycles. The summed E-state index contributed by atoms with van der Waals surface area (Å²) in [6.07, 6.45) is 0.997. The fourth-order valence-corrected chi connectivity index (χ4v) is 3.53. The third kappa shape index (κ3) is 5.98. The van der Waals surface area contributed by atoms with Gasteiger partial charge in [-0.3, -0.25) is 4.79 Å². The maximum absolute atomic E-state index is 14.0. The molecule has 160 valence electrons. The number of nitrogens with one attached hydrogen (secondary N) is 2. The number of hydrogen-bond donors (Lipinski definition) is 2. The minimum atomic E-state index is -4.18. The Morgan fingerprint density at radius 1 is 1.20 bits per heavy atom. The molecule has 1 amide bonds. The number of aryl methyl sites for hydroxylation is 1. The summed E-state index contributed by atoms with van der Waals surface area (Å²) in [6, 6.07) is 9.99. The van der Waals surface area contributed by atoms with Crippen LogP contribution >= 0.6 is 0 Å². The Balaban J connectivity index is 2.09. The molecule has 9 heteroatoms. The van der Waals surface area contributed by atoms with Crippen LogP contribution in [0.1, 0.15) is 29.8 Å². The Morgan fingerprint density at radius 2 is 1.87 bits per heavy atom. The lowest BCUT2D eigenvalue weighted by molar-refractivity contribution is -0.123. The van der Waals surface area contributed by atoms with Crippen LogP contribution in [0.15, 0.2) is 60.0 Å². The van der Waals surface area contributed by atoms with E-state index in [4.69, 9.17) is 4.74 Å². The predicted octanol–water partition coefficient (Wildman–Crippen LogP) is 3.04. The molecule has 1 atom stereocenters. The zero-order valence-corrected chi connectivity index (χ0v) is 17.5. The summed E-state index contributed by atoms with van der Waals surface area (Å²) in [4.78, 5) is 23.9.